The van der Waals surface area contributed by atoms with Gasteiger partial charge < -0.3 is 9.88 Å². The van der Waals surface area contributed by atoms with Gasteiger partial charge in [-0.2, -0.15) is 0 Å². The van der Waals surface area contributed by atoms with Gasteiger partial charge in [-0.25, -0.2) is 4.98 Å². The zero-order valence-corrected chi connectivity index (χ0v) is 11.9. The van der Waals surface area contributed by atoms with Gasteiger partial charge in [-0.15, -0.1) is 0 Å². The smallest absolute Gasteiger partial charge is 0.203 e. The molecule has 0 aromatic carbocycles. The lowest BCUT2D eigenvalue weighted by atomic mass is 9.95. The van der Waals surface area contributed by atoms with Crippen molar-refractivity contribution in [1.29, 1.82) is 0 Å². The average Bonchev–Trinajstić information content (AvgIpc) is 2.85. The normalized spacial score (nSPS) is 18.8. The van der Waals surface area contributed by atoms with Crippen LogP contribution in [0.4, 0.5) is 5.95 Å². The number of imidazole rings is 1. The van der Waals surface area contributed by atoms with E-state index >= 15 is 0 Å². The molecule has 0 spiro atoms. The molecule has 0 amide bonds. The van der Waals surface area contributed by atoms with E-state index in [2.05, 4.69) is 34.9 Å². The number of nitrogens with zero attached hydrogens (tertiary/aromatic N) is 2. The second kappa shape index (κ2) is 6.81. The minimum atomic E-state index is 0.523. The first kappa shape index (κ1) is 13.4. The van der Waals surface area contributed by atoms with Crippen molar-refractivity contribution in [1.82, 2.24) is 9.55 Å². The third-order valence-electron chi connectivity index (χ3n) is 4.00. The second-order valence-corrected chi connectivity index (χ2v) is 5.64. The van der Waals surface area contributed by atoms with Crippen LogP contribution in [0.3, 0.4) is 0 Å². The fourth-order valence-corrected chi connectivity index (χ4v) is 2.88. The van der Waals surface area contributed by atoms with E-state index in [-0.39, 0.29) is 0 Å². The summed E-state index contributed by atoms with van der Waals surface area (Å²) in [6.07, 6.45) is 14.6. The van der Waals surface area contributed by atoms with Gasteiger partial charge in [0, 0.05) is 24.5 Å². The van der Waals surface area contributed by atoms with Gasteiger partial charge in [0.2, 0.25) is 5.95 Å². The van der Waals surface area contributed by atoms with Crippen molar-refractivity contribution in [2.45, 2.75) is 77.3 Å². The zero-order valence-electron chi connectivity index (χ0n) is 11.9. The maximum absolute atomic E-state index is 4.49. The van der Waals surface area contributed by atoms with Gasteiger partial charge in [-0.1, -0.05) is 39.0 Å². The summed E-state index contributed by atoms with van der Waals surface area (Å²) in [5.74, 6) is 1.07. The number of unbranched alkanes of at least 4 members (excludes halogenated alkanes) is 1. The fourth-order valence-electron chi connectivity index (χ4n) is 2.88. The average molecular weight is 249 g/mol. The first-order chi connectivity index (χ1) is 8.81. The van der Waals surface area contributed by atoms with Gasteiger partial charge in [0.25, 0.3) is 0 Å². The molecule has 1 aromatic rings. The fraction of sp³-hybridized carbons (Fsp3) is 0.800. The Kier molecular flexibility index (Phi) is 5.09. The van der Waals surface area contributed by atoms with Crippen LogP contribution >= 0.6 is 0 Å². The molecule has 1 N–H and O–H groups in total. The summed E-state index contributed by atoms with van der Waals surface area (Å²) in [7, 11) is 0. The molecule has 18 heavy (non-hydrogen) atoms. The lowest BCUT2D eigenvalue weighted by Crippen LogP contribution is -2.21. The van der Waals surface area contributed by atoms with E-state index in [0.717, 1.165) is 5.95 Å². The summed E-state index contributed by atoms with van der Waals surface area (Å²) in [5.41, 5.74) is 0. The Bertz CT molecular complexity index is 339. The molecule has 3 heteroatoms. The molecule has 1 heterocycles. The molecule has 0 saturated heterocycles. The Morgan fingerprint density at radius 1 is 1.39 bits per heavy atom. The number of rotatable bonds is 6. The molecule has 2 rings (SSSR count). The number of anilines is 1. The Labute approximate surface area is 111 Å². The third kappa shape index (κ3) is 3.50. The van der Waals surface area contributed by atoms with Crippen LogP contribution in [0.5, 0.6) is 0 Å². The number of aromatic nitrogens is 2. The van der Waals surface area contributed by atoms with Crippen LogP contribution in [-0.4, -0.2) is 15.6 Å². The van der Waals surface area contributed by atoms with E-state index in [0.29, 0.717) is 12.1 Å². The summed E-state index contributed by atoms with van der Waals surface area (Å²) in [6, 6.07) is 1.19. The quantitative estimate of drug-likeness (QED) is 0.811. The predicted octanol–water partition coefficient (Wildman–Crippen LogP) is 4.38. The summed E-state index contributed by atoms with van der Waals surface area (Å²) < 4.78 is 2.36. The van der Waals surface area contributed by atoms with Crippen molar-refractivity contribution in [3.8, 4) is 0 Å². The second-order valence-electron chi connectivity index (χ2n) is 5.64. The monoisotopic (exact) mass is 249 g/mol. The molecule has 1 unspecified atom stereocenters. The maximum atomic E-state index is 4.49. The van der Waals surface area contributed by atoms with Gasteiger partial charge >= 0.3 is 0 Å². The van der Waals surface area contributed by atoms with Crippen molar-refractivity contribution in [3.05, 3.63) is 12.4 Å². The molecule has 0 bridgehead atoms. The standard InChI is InChI=1S/C15H27N3/c1-3-4-8-13(2)17-15-16-11-12-18(15)14-9-6-5-7-10-14/h11-14H,3-10H2,1-2H3,(H,16,17). The maximum Gasteiger partial charge on any atom is 0.203 e. The Morgan fingerprint density at radius 2 is 2.17 bits per heavy atom. The molecule has 1 atom stereocenters. The highest BCUT2D eigenvalue weighted by atomic mass is 15.2. The highest BCUT2D eigenvalue weighted by molar-refractivity contribution is 5.28. The highest BCUT2D eigenvalue weighted by Gasteiger charge is 2.18. The van der Waals surface area contributed by atoms with Crippen LogP contribution in [0.25, 0.3) is 0 Å². The summed E-state index contributed by atoms with van der Waals surface area (Å²) in [6.45, 7) is 4.51. The molecule has 1 fully saturated rings. The van der Waals surface area contributed by atoms with Crippen molar-refractivity contribution >= 4 is 5.95 Å². The van der Waals surface area contributed by atoms with Gasteiger partial charge in [0.05, 0.1) is 0 Å². The van der Waals surface area contributed by atoms with Crippen molar-refractivity contribution in [2.24, 2.45) is 0 Å². The molecule has 1 saturated carbocycles. The summed E-state index contributed by atoms with van der Waals surface area (Å²) >= 11 is 0. The Morgan fingerprint density at radius 3 is 2.89 bits per heavy atom. The summed E-state index contributed by atoms with van der Waals surface area (Å²) in [5, 5.41) is 3.57. The molecular weight excluding hydrogens is 222 g/mol. The van der Waals surface area contributed by atoms with Crippen molar-refractivity contribution in [2.75, 3.05) is 5.32 Å². The number of hydrogen-bond acceptors (Lipinski definition) is 2. The first-order valence-electron chi connectivity index (χ1n) is 7.60. The molecule has 1 aromatic heterocycles. The molecule has 1 aliphatic rings. The van der Waals surface area contributed by atoms with Gasteiger partial charge in [-0.3, -0.25) is 0 Å². The minimum Gasteiger partial charge on any atom is -0.353 e. The number of nitrogens with one attached hydrogen (secondary N) is 1. The molecular formula is C15H27N3. The van der Waals surface area contributed by atoms with E-state index < -0.39 is 0 Å². The van der Waals surface area contributed by atoms with Gasteiger partial charge in [0.1, 0.15) is 0 Å². The molecule has 0 radical (unpaired) electrons. The first-order valence-corrected chi connectivity index (χ1v) is 7.60. The van der Waals surface area contributed by atoms with Crippen LogP contribution < -0.4 is 5.32 Å². The van der Waals surface area contributed by atoms with Crippen molar-refractivity contribution < 1.29 is 0 Å². The molecule has 0 aliphatic heterocycles. The minimum absolute atomic E-state index is 0.523. The van der Waals surface area contributed by atoms with Crippen LogP contribution in [0.15, 0.2) is 12.4 Å². The highest BCUT2D eigenvalue weighted by Crippen LogP contribution is 2.30. The van der Waals surface area contributed by atoms with E-state index in [1.165, 1.54) is 51.4 Å². The lowest BCUT2D eigenvalue weighted by Gasteiger charge is -2.25. The Balaban J connectivity index is 1.94. The topological polar surface area (TPSA) is 29.9 Å². The molecule has 102 valence electrons. The zero-order chi connectivity index (χ0) is 12.8. The van der Waals surface area contributed by atoms with E-state index in [4.69, 9.17) is 0 Å². The van der Waals surface area contributed by atoms with Crippen LogP contribution in [-0.2, 0) is 0 Å². The SMILES string of the molecule is CCCCC(C)Nc1nccn1C1CCCCC1. The van der Waals surface area contributed by atoms with Crippen LogP contribution in [0, 0.1) is 0 Å². The van der Waals surface area contributed by atoms with Crippen LogP contribution in [0.2, 0.25) is 0 Å². The van der Waals surface area contributed by atoms with Gasteiger partial charge in [0.15, 0.2) is 0 Å². The van der Waals surface area contributed by atoms with Crippen LogP contribution in [0.1, 0.15) is 71.3 Å². The van der Waals surface area contributed by atoms with Gasteiger partial charge in [-0.05, 0) is 26.2 Å². The van der Waals surface area contributed by atoms with E-state index in [1.807, 2.05) is 6.20 Å². The summed E-state index contributed by atoms with van der Waals surface area (Å²) in [4.78, 5) is 4.49. The predicted molar refractivity (Wildman–Crippen MR) is 77.0 cm³/mol. The molecule has 1 aliphatic carbocycles. The van der Waals surface area contributed by atoms with Crippen molar-refractivity contribution in [3.63, 3.8) is 0 Å². The Hall–Kier alpha value is -0.990. The largest absolute Gasteiger partial charge is 0.353 e. The third-order valence-corrected chi connectivity index (χ3v) is 4.00. The molecule has 3 nitrogen and oxygen atoms in total. The lowest BCUT2D eigenvalue weighted by molar-refractivity contribution is 0.355. The van der Waals surface area contributed by atoms with E-state index in [9.17, 15) is 0 Å². The number of hydrogen-bond donors (Lipinski definition) is 1. The van der Waals surface area contributed by atoms with E-state index in [1.54, 1.807) is 0 Å².